The molecule has 1 atom stereocenters. The molecule has 0 unspecified atom stereocenters. The Bertz CT molecular complexity index is 330. The fraction of sp³-hybridized carbons (Fsp3) is 0.462. The highest BCUT2D eigenvalue weighted by atomic mass is 16.5. The van der Waals surface area contributed by atoms with Crippen molar-refractivity contribution in [3.8, 4) is 0 Å². The molecule has 0 bridgehead atoms. The molecule has 1 aromatic carbocycles. The van der Waals surface area contributed by atoms with Crippen LogP contribution in [0.2, 0.25) is 0 Å². The standard InChI is InChI=1S/C13H18O3/c1-3-4-12(16-2)11-7-5-10(6-8-11)9-13(14)15/h5-8,12H,3-4,9H2,1-2H3,(H,14,15)/t12-/m0/s1. The van der Waals surface area contributed by atoms with Gasteiger partial charge in [-0.1, -0.05) is 37.6 Å². The lowest BCUT2D eigenvalue weighted by Crippen LogP contribution is -2.03. The molecule has 0 heterocycles. The predicted molar refractivity (Wildman–Crippen MR) is 62.4 cm³/mol. The van der Waals surface area contributed by atoms with Gasteiger partial charge < -0.3 is 9.84 Å². The molecule has 1 N–H and O–H groups in total. The van der Waals surface area contributed by atoms with Crippen LogP contribution < -0.4 is 0 Å². The number of ether oxygens (including phenoxy) is 1. The van der Waals surface area contributed by atoms with E-state index in [4.69, 9.17) is 9.84 Å². The summed E-state index contributed by atoms with van der Waals surface area (Å²) in [6, 6.07) is 7.60. The fourth-order valence-corrected chi connectivity index (χ4v) is 1.71. The second kappa shape index (κ2) is 6.28. The molecular weight excluding hydrogens is 204 g/mol. The number of carboxylic acids is 1. The summed E-state index contributed by atoms with van der Waals surface area (Å²) in [5, 5.41) is 8.65. The van der Waals surface area contributed by atoms with E-state index in [2.05, 4.69) is 6.92 Å². The molecule has 0 aromatic heterocycles. The van der Waals surface area contributed by atoms with E-state index < -0.39 is 5.97 Å². The van der Waals surface area contributed by atoms with Crippen LogP contribution in [0.3, 0.4) is 0 Å². The van der Waals surface area contributed by atoms with Gasteiger partial charge in [-0.3, -0.25) is 4.79 Å². The summed E-state index contributed by atoms with van der Waals surface area (Å²) in [6.45, 7) is 2.12. The van der Waals surface area contributed by atoms with E-state index in [0.717, 1.165) is 24.0 Å². The van der Waals surface area contributed by atoms with E-state index >= 15 is 0 Å². The molecule has 0 aliphatic carbocycles. The first kappa shape index (κ1) is 12.7. The van der Waals surface area contributed by atoms with E-state index in [1.54, 1.807) is 7.11 Å². The van der Waals surface area contributed by atoms with E-state index in [0.29, 0.717) is 0 Å². The van der Waals surface area contributed by atoms with Crippen molar-refractivity contribution in [2.75, 3.05) is 7.11 Å². The Morgan fingerprint density at radius 3 is 2.44 bits per heavy atom. The smallest absolute Gasteiger partial charge is 0.307 e. The van der Waals surface area contributed by atoms with Crippen molar-refractivity contribution in [1.29, 1.82) is 0 Å². The Balaban J connectivity index is 2.72. The number of benzene rings is 1. The fourth-order valence-electron chi connectivity index (χ4n) is 1.71. The van der Waals surface area contributed by atoms with Crippen LogP contribution in [0.1, 0.15) is 37.0 Å². The van der Waals surface area contributed by atoms with Crippen molar-refractivity contribution in [3.05, 3.63) is 35.4 Å². The Morgan fingerprint density at radius 2 is 2.00 bits per heavy atom. The van der Waals surface area contributed by atoms with Crippen LogP contribution in [0.4, 0.5) is 0 Å². The number of carbonyl (C=O) groups is 1. The van der Waals surface area contributed by atoms with Gasteiger partial charge in [0.15, 0.2) is 0 Å². The molecule has 88 valence electrons. The second-order valence-corrected chi connectivity index (χ2v) is 3.83. The maximum atomic E-state index is 10.5. The van der Waals surface area contributed by atoms with Crippen LogP contribution in [0.5, 0.6) is 0 Å². The molecule has 0 amide bonds. The van der Waals surface area contributed by atoms with Gasteiger partial charge in [0.1, 0.15) is 0 Å². The number of hydrogen-bond donors (Lipinski definition) is 1. The van der Waals surface area contributed by atoms with Gasteiger partial charge in [-0.05, 0) is 17.5 Å². The van der Waals surface area contributed by atoms with Gasteiger partial charge in [-0.15, -0.1) is 0 Å². The summed E-state index contributed by atoms with van der Waals surface area (Å²) < 4.78 is 5.38. The first-order valence-corrected chi connectivity index (χ1v) is 5.50. The van der Waals surface area contributed by atoms with Crippen LogP contribution in [0.25, 0.3) is 0 Å². The topological polar surface area (TPSA) is 46.5 Å². The maximum Gasteiger partial charge on any atom is 0.307 e. The molecule has 0 saturated heterocycles. The maximum absolute atomic E-state index is 10.5. The van der Waals surface area contributed by atoms with Crippen molar-refractivity contribution in [3.63, 3.8) is 0 Å². The molecule has 0 fully saturated rings. The minimum absolute atomic E-state index is 0.0751. The minimum Gasteiger partial charge on any atom is -0.481 e. The Morgan fingerprint density at radius 1 is 1.38 bits per heavy atom. The van der Waals surface area contributed by atoms with Gasteiger partial charge in [0.2, 0.25) is 0 Å². The number of hydrogen-bond acceptors (Lipinski definition) is 2. The van der Waals surface area contributed by atoms with Crippen LogP contribution in [-0.2, 0) is 16.0 Å². The summed E-state index contributed by atoms with van der Waals surface area (Å²) in [6.07, 6.45) is 2.24. The number of aliphatic carboxylic acids is 1. The summed E-state index contributed by atoms with van der Waals surface area (Å²) in [4.78, 5) is 10.5. The number of rotatable bonds is 6. The highest BCUT2D eigenvalue weighted by Gasteiger charge is 2.09. The average Bonchev–Trinajstić information content (AvgIpc) is 2.26. The van der Waals surface area contributed by atoms with Crippen LogP contribution in [-0.4, -0.2) is 18.2 Å². The van der Waals surface area contributed by atoms with Gasteiger partial charge in [0.25, 0.3) is 0 Å². The normalized spacial score (nSPS) is 12.4. The van der Waals surface area contributed by atoms with Crippen molar-refractivity contribution >= 4 is 5.97 Å². The van der Waals surface area contributed by atoms with E-state index in [1.165, 1.54) is 0 Å². The Hall–Kier alpha value is -1.35. The van der Waals surface area contributed by atoms with Crippen LogP contribution >= 0.6 is 0 Å². The zero-order valence-corrected chi connectivity index (χ0v) is 9.77. The average molecular weight is 222 g/mol. The highest BCUT2D eigenvalue weighted by molar-refractivity contribution is 5.70. The minimum atomic E-state index is -0.801. The summed E-state index contributed by atoms with van der Waals surface area (Å²) in [7, 11) is 1.70. The van der Waals surface area contributed by atoms with Gasteiger partial charge >= 0.3 is 5.97 Å². The number of carboxylic acid groups (broad SMARTS) is 1. The zero-order chi connectivity index (χ0) is 12.0. The highest BCUT2D eigenvalue weighted by Crippen LogP contribution is 2.22. The van der Waals surface area contributed by atoms with Gasteiger partial charge in [-0.25, -0.2) is 0 Å². The van der Waals surface area contributed by atoms with Crippen molar-refractivity contribution < 1.29 is 14.6 Å². The largest absolute Gasteiger partial charge is 0.481 e. The summed E-state index contributed by atoms with van der Waals surface area (Å²) in [5.74, 6) is -0.801. The lowest BCUT2D eigenvalue weighted by atomic mass is 10.0. The zero-order valence-electron chi connectivity index (χ0n) is 9.77. The van der Waals surface area contributed by atoms with E-state index in [9.17, 15) is 4.79 Å². The van der Waals surface area contributed by atoms with Gasteiger partial charge in [0, 0.05) is 7.11 Å². The Kier molecular flexibility index (Phi) is 4.99. The third-order valence-corrected chi connectivity index (χ3v) is 2.54. The SMILES string of the molecule is CCC[C@H](OC)c1ccc(CC(=O)O)cc1. The van der Waals surface area contributed by atoms with Crippen molar-refractivity contribution in [2.45, 2.75) is 32.3 Å². The van der Waals surface area contributed by atoms with E-state index in [1.807, 2.05) is 24.3 Å². The molecule has 0 aliphatic heterocycles. The molecule has 1 rings (SSSR count). The molecule has 3 nitrogen and oxygen atoms in total. The molecule has 1 aromatic rings. The quantitative estimate of drug-likeness (QED) is 0.805. The molecule has 0 spiro atoms. The molecule has 16 heavy (non-hydrogen) atoms. The van der Waals surface area contributed by atoms with Gasteiger partial charge in [-0.2, -0.15) is 0 Å². The van der Waals surface area contributed by atoms with E-state index in [-0.39, 0.29) is 12.5 Å². The molecular formula is C13H18O3. The van der Waals surface area contributed by atoms with Crippen molar-refractivity contribution in [1.82, 2.24) is 0 Å². The monoisotopic (exact) mass is 222 g/mol. The predicted octanol–water partition coefficient (Wildman–Crippen LogP) is 2.80. The number of methoxy groups -OCH3 is 1. The Labute approximate surface area is 96.1 Å². The van der Waals surface area contributed by atoms with Crippen LogP contribution in [0, 0.1) is 0 Å². The third-order valence-electron chi connectivity index (χ3n) is 2.54. The first-order chi connectivity index (χ1) is 7.67. The summed E-state index contributed by atoms with van der Waals surface area (Å²) in [5.41, 5.74) is 1.93. The van der Waals surface area contributed by atoms with Gasteiger partial charge in [0.05, 0.1) is 12.5 Å². The molecule has 0 aliphatic rings. The van der Waals surface area contributed by atoms with Crippen molar-refractivity contribution in [2.24, 2.45) is 0 Å². The summed E-state index contributed by atoms with van der Waals surface area (Å²) >= 11 is 0. The lowest BCUT2D eigenvalue weighted by molar-refractivity contribution is -0.136. The van der Waals surface area contributed by atoms with Crippen LogP contribution in [0.15, 0.2) is 24.3 Å². The third kappa shape index (κ3) is 3.66. The second-order valence-electron chi connectivity index (χ2n) is 3.83. The molecule has 3 heteroatoms. The molecule has 0 saturated carbocycles. The first-order valence-electron chi connectivity index (χ1n) is 5.50. The molecule has 0 radical (unpaired) electrons. The lowest BCUT2D eigenvalue weighted by Gasteiger charge is -2.14.